The maximum atomic E-state index is 12.6. The Labute approximate surface area is 119 Å². The molecule has 108 valence electrons. The highest BCUT2D eigenvalue weighted by Crippen LogP contribution is 2.26. The minimum absolute atomic E-state index is 0.00436. The number of benzene rings is 1. The molecule has 20 heavy (non-hydrogen) atoms. The molecule has 1 atom stereocenters. The van der Waals surface area contributed by atoms with Gasteiger partial charge in [-0.2, -0.15) is 0 Å². The van der Waals surface area contributed by atoms with Crippen LogP contribution in [0.15, 0.2) is 28.7 Å². The lowest BCUT2D eigenvalue weighted by atomic mass is 10.1. The Kier molecular flexibility index (Phi) is 4.14. The topological polar surface area (TPSA) is 53.7 Å². The molecule has 1 aromatic carbocycles. The van der Waals surface area contributed by atoms with E-state index in [9.17, 15) is 9.90 Å². The zero-order valence-electron chi connectivity index (χ0n) is 12.4. The fourth-order valence-electron chi connectivity index (χ4n) is 2.32. The number of para-hydroxylation sites is 1. The summed E-state index contributed by atoms with van der Waals surface area (Å²) in [5.74, 6) is 0.190. The van der Waals surface area contributed by atoms with Crippen LogP contribution in [0.4, 0.5) is 0 Å². The van der Waals surface area contributed by atoms with Crippen LogP contribution in [0.1, 0.15) is 36.9 Å². The van der Waals surface area contributed by atoms with Gasteiger partial charge in [-0.05, 0) is 33.8 Å². The van der Waals surface area contributed by atoms with E-state index in [0.29, 0.717) is 17.9 Å². The molecule has 0 aliphatic rings. The van der Waals surface area contributed by atoms with Gasteiger partial charge in [-0.3, -0.25) is 4.79 Å². The molecule has 0 saturated heterocycles. The molecule has 1 heterocycles. The van der Waals surface area contributed by atoms with E-state index in [2.05, 4.69) is 0 Å². The van der Waals surface area contributed by atoms with Crippen LogP contribution in [0, 0.1) is 6.92 Å². The first kappa shape index (κ1) is 14.6. The fourth-order valence-corrected chi connectivity index (χ4v) is 2.32. The Morgan fingerprint density at radius 2 is 1.95 bits per heavy atom. The van der Waals surface area contributed by atoms with Crippen LogP contribution < -0.4 is 0 Å². The zero-order chi connectivity index (χ0) is 14.9. The molecule has 0 spiro atoms. The molecule has 2 rings (SSSR count). The third kappa shape index (κ3) is 2.70. The van der Waals surface area contributed by atoms with Crippen molar-refractivity contribution in [2.75, 3.05) is 6.54 Å². The van der Waals surface area contributed by atoms with Gasteiger partial charge in [0, 0.05) is 23.5 Å². The minimum Gasteiger partial charge on any atom is -0.451 e. The average molecular weight is 275 g/mol. The average Bonchev–Trinajstić information content (AvgIpc) is 2.73. The molecule has 1 unspecified atom stereocenters. The monoisotopic (exact) mass is 275 g/mol. The van der Waals surface area contributed by atoms with Gasteiger partial charge in [0.2, 0.25) is 0 Å². The van der Waals surface area contributed by atoms with Crippen molar-refractivity contribution in [1.82, 2.24) is 4.90 Å². The highest BCUT2D eigenvalue weighted by molar-refractivity contribution is 5.99. The summed E-state index contributed by atoms with van der Waals surface area (Å²) >= 11 is 0. The van der Waals surface area contributed by atoms with E-state index in [1.54, 1.807) is 11.8 Å². The third-order valence-electron chi connectivity index (χ3n) is 3.38. The van der Waals surface area contributed by atoms with Gasteiger partial charge in [0.05, 0.1) is 6.10 Å². The van der Waals surface area contributed by atoms with Crippen LogP contribution in [0.2, 0.25) is 0 Å². The second-order valence-electron chi connectivity index (χ2n) is 5.45. The van der Waals surface area contributed by atoms with Gasteiger partial charge in [0.25, 0.3) is 5.91 Å². The summed E-state index contributed by atoms with van der Waals surface area (Å²) in [6, 6.07) is 7.61. The maximum absolute atomic E-state index is 12.6. The normalized spacial score (nSPS) is 12.9. The van der Waals surface area contributed by atoms with Gasteiger partial charge < -0.3 is 14.4 Å². The Bertz CT molecular complexity index is 613. The van der Waals surface area contributed by atoms with E-state index in [4.69, 9.17) is 4.42 Å². The fraction of sp³-hybridized carbons (Fsp3) is 0.438. The van der Waals surface area contributed by atoms with Crippen LogP contribution >= 0.6 is 0 Å². The molecule has 0 radical (unpaired) electrons. The highest BCUT2D eigenvalue weighted by atomic mass is 16.3. The SMILES string of the molecule is Cc1c(C(=O)N(CC(C)O)C(C)C)oc2ccccc12. The Morgan fingerprint density at radius 3 is 2.50 bits per heavy atom. The predicted molar refractivity (Wildman–Crippen MR) is 78.8 cm³/mol. The zero-order valence-corrected chi connectivity index (χ0v) is 12.4. The minimum atomic E-state index is -0.564. The number of nitrogens with zero attached hydrogens (tertiary/aromatic N) is 1. The molecule has 4 nitrogen and oxygen atoms in total. The van der Waals surface area contributed by atoms with Crippen molar-refractivity contribution < 1.29 is 14.3 Å². The first-order valence-corrected chi connectivity index (χ1v) is 6.89. The van der Waals surface area contributed by atoms with Gasteiger partial charge in [-0.25, -0.2) is 0 Å². The number of hydrogen-bond acceptors (Lipinski definition) is 3. The molecule has 1 amide bonds. The molecule has 0 aliphatic heterocycles. The first-order valence-electron chi connectivity index (χ1n) is 6.89. The molecule has 0 bridgehead atoms. The molecular formula is C16H21NO3. The van der Waals surface area contributed by atoms with Gasteiger partial charge in [-0.1, -0.05) is 18.2 Å². The van der Waals surface area contributed by atoms with Crippen molar-refractivity contribution in [3.63, 3.8) is 0 Å². The van der Waals surface area contributed by atoms with Crippen molar-refractivity contribution in [2.45, 2.75) is 39.8 Å². The van der Waals surface area contributed by atoms with Crippen LogP contribution in [-0.4, -0.2) is 34.6 Å². The number of fused-ring (bicyclic) bond motifs is 1. The van der Waals surface area contributed by atoms with Gasteiger partial charge in [0.1, 0.15) is 5.58 Å². The summed E-state index contributed by atoms with van der Waals surface area (Å²) in [7, 11) is 0. The molecule has 1 N–H and O–H groups in total. The molecule has 1 aromatic heterocycles. The lowest BCUT2D eigenvalue weighted by molar-refractivity contribution is 0.0550. The van der Waals surface area contributed by atoms with E-state index in [-0.39, 0.29) is 11.9 Å². The smallest absolute Gasteiger partial charge is 0.290 e. The summed E-state index contributed by atoms with van der Waals surface area (Å²) in [5, 5.41) is 10.5. The Hall–Kier alpha value is -1.81. The second-order valence-corrected chi connectivity index (χ2v) is 5.45. The Morgan fingerprint density at radius 1 is 1.30 bits per heavy atom. The summed E-state index contributed by atoms with van der Waals surface area (Å²) < 4.78 is 5.70. The highest BCUT2D eigenvalue weighted by Gasteiger charge is 2.25. The summed E-state index contributed by atoms with van der Waals surface area (Å²) in [5.41, 5.74) is 1.57. The number of hydrogen-bond donors (Lipinski definition) is 1. The molecule has 4 heteroatoms. The number of aliphatic hydroxyl groups excluding tert-OH is 1. The standard InChI is InChI=1S/C16H21NO3/c1-10(2)17(9-11(3)18)16(19)15-12(4)13-7-5-6-8-14(13)20-15/h5-8,10-11,18H,9H2,1-4H3. The number of carbonyl (C=O) groups is 1. The van der Waals surface area contributed by atoms with E-state index in [1.165, 1.54) is 0 Å². The Balaban J connectivity index is 2.41. The number of aliphatic hydroxyl groups is 1. The van der Waals surface area contributed by atoms with E-state index >= 15 is 0 Å². The number of aryl methyl sites for hydroxylation is 1. The van der Waals surface area contributed by atoms with Crippen molar-refractivity contribution >= 4 is 16.9 Å². The van der Waals surface area contributed by atoms with Gasteiger partial charge in [0.15, 0.2) is 5.76 Å². The van der Waals surface area contributed by atoms with Crippen LogP contribution in [-0.2, 0) is 0 Å². The van der Waals surface area contributed by atoms with E-state index < -0.39 is 6.10 Å². The van der Waals surface area contributed by atoms with Crippen molar-refractivity contribution in [3.8, 4) is 0 Å². The molecule has 0 saturated carbocycles. The van der Waals surface area contributed by atoms with Gasteiger partial charge in [-0.15, -0.1) is 0 Å². The van der Waals surface area contributed by atoms with Crippen molar-refractivity contribution in [1.29, 1.82) is 0 Å². The number of carbonyl (C=O) groups excluding carboxylic acids is 1. The van der Waals surface area contributed by atoms with Crippen LogP contribution in [0.25, 0.3) is 11.0 Å². The van der Waals surface area contributed by atoms with Crippen LogP contribution in [0.5, 0.6) is 0 Å². The van der Waals surface area contributed by atoms with E-state index in [0.717, 1.165) is 10.9 Å². The third-order valence-corrected chi connectivity index (χ3v) is 3.38. The van der Waals surface area contributed by atoms with Gasteiger partial charge >= 0.3 is 0 Å². The molecule has 2 aromatic rings. The van der Waals surface area contributed by atoms with Crippen molar-refractivity contribution in [2.24, 2.45) is 0 Å². The second kappa shape index (κ2) is 5.67. The predicted octanol–water partition coefficient (Wildman–Crippen LogP) is 2.97. The van der Waals surface area contributed by atoms with E-state index in [1.807, 2.05) is 45.0 Å². The number of furan rings is 1. The molecule has 0 fully saturated rings. The molecular weight excluding hydrogens is 254 g/mol. The lowest BCUT2D eigenvalue weighted by Gasteiger charge is -2.27. The summed E-state index contributed by atoms with van der Waals surface area (Å²) in [6.07, 6.45) is -0.564. The first-order chi connectivity index (χ1) is 9.41. The largest absolute Gasteiger partial charge is 0.451 e. The van der Waals surface area contributed by atoms with Crippen LogP contribution in [0.3, 0.4) is 0 Å². The summed E-state index contributed by atoms with van der Waals surface area (Å²) in [6.45, 7) is 7.72. The maximum Gasteiger partial charge on any atom is 0.290 e. The quantitative estimate of drug-likeness (QED) is 0.933. The molecule has 0 aliphatic carbocycles. The summed E-state index contributed by atoms with van der Waals surface area (Å²) in [4.78, 5) is 14.3. The van der Waals surface area contributed by atoms with Crippen molar-refractivity contribution in [3.05, 3.63) is 35.6 Å². The number of amides is 1. The lowest BCUT2D eigenvalue weighted by Crippen LogP contribution is -2.41. The number of rotatable bonds is 4.